The van der Waals surface area contributed by atoms with Gasteiger partial charge in [0.2, 0.25) is 0 Å². The van der Waals surface area contributed by atoms with Crippen molar-refractivity contribution in [3.05, 3.63) is 34.1 Å². The molecule has 6 atom stereocenters. The van der Waals surface area contributed by atoms with E-state index in [0.717, 1.165) is 6.92 Å². The van der Waals surface area contributed by atoms with Crippen molar-refractivity contribution in [2.75, 3.05) is 6.61 Å². The second-order valence-corrected chi connectivity index (χ2v) is 10.6. The third kappa shape index (κ3) is 7.55. The van der Waals surface area contributed by atoms with Crippen molar-refractivity contribution in [2.45, 2.75) is 98.8 Å². The van der Waals surface area contributed by atoms with Gasteiger partial charge in [0.1, 0.15) is 12.2 Å². The molecule has 2 aliphatic rings. The predicted octanol–water partition coefficient (Wildman–Crippen LogP) is 2.03. The van der Waals surface area contributed by atoms with Crippen LogP contribution in [-0.2, 0) is 38.1 Å². The second-order valence-electron chi connectivity index (χ2n) is 10.6. The summed E-state index contributed by atoms with van der Waals surface area (Å²) in [5, 5.41) is 32.8. The van der Waals surface area contributed by atoms with Crippen LogP contribution in [0.3, 0.4) is 0 Å². The van der Waals surface area contributed by atoms with Crippen LogP contribution in [0.2, 0.25) is 0 Å². The van der Waals surface area contributed by atoms with Crippen LogP contribution in [0.4, 0.5) is 0 Å². The van der Waals surface area contributed by atoms with Crippen LogP contribution in [0, 0.1) is 11.3 Å². The molecule has 0 aliphatic heterocycles. The maximum absolute atomic E-state index is 12.4. The minimum absolute atomic E-state index is 0.120. The number of carbonyl (C=O) groups is 4. The van der Waals surface area contributed by atoms with Crippen LogP contribution < -0.4 is 0 Å². The minimum atomic E-state index is -1.39. The average Bonchev–Trinajstić information content (AvgIpc) is 2.79. The van der Waals surface area contributed by atoms with Gasteiger partial charge in [-0.25, -0.2) is 0 Å². The Morgan fingerprint density at radius 3 is 1.87 bits per heavy atom. The minimum Gasteiger partial charge on any atom is -0.458 e. The molecule has 0 aromatic heterocycles. The standard InChI is InChI=1S/C28H40O11/c1-13-21(34)11-24(37-16(4)31)19(12-29)9-22(35)20-10-23(36-15(3)30)14(2)25(28(20,7)8)27(39-18(6)33)26(13)38-17(5)32/h9,20-24,27,29,34-35H,10-12H2,1-8H3/b19-9-,26-13+/t20-,21-,22-,23-,24-,27+/m0/s1. The molecule has 39 heavy (non-hydrogen) atoms. The number of ether oxygens (including phenoxy) is 4. The molecule has 0 amide bonds. The number of carbonyl (C=O) groups excluding carboxylic acids is 4. The monoisotopic (exact) mass is 552 g/mol. The number of aliphatic hydroxyl groups excluding tert-OH is 3. The van der Waals surface area contributed by atoms with Gasteiger partial charge in [0, 0.05) is 40.0 Å². The summed E-state index contributed by atoms with van der Waals surface area (Å²) in [7, 11) is 0. The van der Waals surface area contributed by atoms with Gasteiger partial charge in [-0.05, 0) is 48.0 Å². The van der Waals surface area contributed by atoms with Gasteiger partial charge in [0.05, 0.1) is 18.8 Å². The summed E-state index contributed by atoms with van der Waals surface area (Å²) in [6, 6.07) is 0. The highest BCUT2D eigenvalue weighted by atomic mass is 16.6. The summed E-state index contributed by atoms with van der Waals surface area (Å²) in [6.07, 6.45) is -4.61. The van der Waals surface area contributed by atoms with E-state index in [9.17, 15) is 34.5 Å². The summed E-state index contributed by atoms with van der Waals surface area (Å²) >= 11 is 0. The van der Waals surface area contributed by atoms with Gasteiger partial charge in [-0.2, -0.15) is 0 Å². The molecule has 218 valence electrons. The Balaban J connectivity index is 3.01. The molecule has 0 saturated heterocycles. The third-order valence-corrected chi connectivity index (χ3v) is 7.37. The molecule has 2 aliphatic carbocycles. The van der Waals surface area contributed by atoms with E-state index in [0.29, 0.717) is 11.1 Å². The summed E-state index contributed by atoms with van der Waals surface area (Å²) in [4.78, 5) is 48.5. The fraction of sp³-hybridized carbons (Fsp3) is 0.643. The lowest BCUT2D eigenvalue weighted by Crippen LogP contribution is -2.48. The van der Waals surface area contributed by atoms with E-state index >= 15 is 0 Å². The zero-order valence-corrected chi connectivity index (χ0v) is 23.8. The highest BCUT2D eigenvalue weighted by Crippen LogP contribution is 2.51. The average molecular weight is 553 g/mol. The topological polar surface area (TPSA) is 166 Å². The van der Waals surface area contributed by atoms with Crippen molar-refractivity contribution in [3.8, 4) is 0 Å². The Labute approximate surface area is 228 Å². The molecule has 2 bridgehead atoms. The maximum atomic E-state index is 12.4. The third-order valence-electron chi connectivity index (χ3n) is 7.37. The molecule has 0 radical (unpaired) electrons. The molecule has 0 saturated carbocycles. The smallest absolute Gasteiger partial charge is 0.307 e. The fourth-order valence-corrected chi connectivity index (χ4v) is 5.55. The summed E-state index contributed by atoms with van der Waals surface area (Å²) < 4.78 is 22.3. The van der Waals surface area contributed by atoms with E-state index in [4.69, 9.17) is 18.9 Å². The maximum Gasteiger partial charge on any atom is 0.307 e. The molecule has 0 unspecified atom stereocenters. The van der Waals surface area contributed by atoms with Gasteiger partial charge in [0.25, 0.3) is 0 Å². The zero-order valence-electron chi connectivity index (χ0n) is 23.8. The van der Waals surface area contributed by atoms with Gasteiger partial charge < -0.3 is 34.3 Å². The highest BCUT2D eigenvalue weighted by Gasteiger charge is 2.50. The predicted molar refractivity (Wildman–Crippen MR) is 138 cm³/mol. The van der Waals surface area contributed by atoms with Crippen molar-refractivity contribution < 1.29 is 53.4 Å². The molecular weight excluding hydrogens is 512 g/mol. The van der Waals surface area contributed by atoms with Gasteiger partial charge in [-0.3, -0.25) is 19.2 Å². The molecule has 0 heterocycles. The molecule has 0 aromatic carbocycles. The first-order chi connectivity index (χ1) is 18.0. The summed E-state index contributed by atoms with van der Waals surface area (Å²) in [5.74, 6) is -3.51. The van der Waals surface area contributed by atoms with Gasteiger partial charge in [0.15, 0.2) is 11.9 Å². The lowest BCUT2D eigenvalue weighted by Gasteiger charge is -2.48. The Bertz CT molecular complexity index is 1080. The van der Waals surface area contributed by atoms with E-state index in [1.807, 2.05) is 0 Å². The van der Waals surface area contributed by atoms with E-state index in [1.54, 1.807) is 20.8 Å². The van der Waals surface area contributed by atoms with E-state index in [2.05, 4.69) is 0 Å². The molecular formula is C28H40O11. The van der Waals surface area contributed by atoms with Crippen LogP contribution in [0.5, 0.6) is 0 Å². The van der Waals surface area contributed by atoms with Crippen molar-refractivity contribution >= 4 is 23.9 Å². The van der Waals surface area contributed by atoms with E-state index < -0.39 is 72.3 Å². The Kier molecular flexibility index (Phi) is 10.6. The molecule has 11 heteroatoms. The molecule has 0 spiro atoms. The second kappa shape index (κ2) is 12.9. The van der Waals surface area contributed by atoms with Crippen LogP contribution >= 0.6 is 0 Å². The molecule has 0 aromatic rings. The Hall–Kier alpha value is -3.02. The lowest BCUT2D eigenvalue weighted by atomic mass is 9.60. The quantitative estimate of drug-likeness (QED) is 0.259. The van der Waals surface area contributed by atoms with E-state index in [-0.39, 0.29) is 29.7 Å². The first kappa shape index (κ1) is 32.2. The number of fused-ring (bicyclic) bond motifs is 2. The van der Waals surface area contributed by atoms with Crippen molar-refractivity contribution in [3.63, 3.8) is 0 Å². The Morgan fingerprint density at radius 2 is 1.38 bits per heavy atom. The SMILES string of the molecule is CC(=O)O/C1=C(\C)[C@@H](O)C[C@H](OC(C)=O)/C(CO)=C\[C@H](O)[C@@H]2C[C@H](OC(C)=O)C(C)=C([C@H]1OC(C)=O)C2(C)C. The van der Waals surface area contributed by atoms with Gasteiger partial charge in [-0.1, -0.05) is 19.9 Å². The van der Waals surface area contributed by atoms with Crippen LogP contribution in [0.15, 0.2) is 34.1 Å². The summed E-state index contributed by atoms with van der Waals surface area (Å²) in [5.41, 5.74) is 0.276. The number of hydrogen-bond acceptors (Lipinski definition) is 11. The van der Waals surface area contributed by atoms with Crippen molar-refractivity contribution in [2.24, 2.45) is 11.3 Å². The van der Waals surface area contributed by atoms with Gasteiger partial charge >= 0.3 is 23.9 Å². The van der Waals surface area contributed by atoms with Crippen LogP contribution in [-0.4, -0.2) is 76.3 Å². The molecule has 0 fully saturated rings. The summed E-state index contributed by atoms with van der Waals surface area (Å²) in [6.45, 7) is 11.0. The van der Waals surface area contributed by atoms with Crippen LogP contribution in [0.25, 0.3) is 0 Å². The fourth-order valence-electron chi connectivity index (χ4n) is 5.55. The molecule has 3 N–H and O–H groups in total. The highest BCUT2D eigenvalue weighted by molar-refractivity contribution is 5.70. The molecule has 2 rings (SSSR count). The molecule has 11 nitrogen and oxygen atoms in total. The first-order valence-corrected chi connectivity index (χ1v) is 12.8. The van der Waals surface area contributed by atoms with Crippen LogP contribution in [0.1, 0.15) is 68.2 Å². The lowest BCUT2D eigenvalue weighted by molar-refractivity contribution is -0.152. The van der Waals surface area contributed by atoms with Crippen molar-refractivity contribution in [1.29, 1.82) is 0 Å². The van der Waals surface area contributed by atoms with Crippen molar-refractivity contribution in [1.82, 2.24) is 0 Å². The number of aliphatic hydroxyl groups is 3. The zero-order chi connectivity index (χ0) is 29.8. The largest absolute Gasteiger partial charge is 0.458 e. The normalized spacial score (nSPS) is 32.5. The van der Waals surface area contributed by atoms with E-state index in [1.165, 1.54) is 33.8 Å². The van der Waals surface area contributed by atoms with Gasteiger partial charge in [-0.15, -0.1) is 0 Å². The Morgan fingerprint density at radius 1 is 0.846 bits per heavy atom. The first-order valence-electron chi connectivity index (χ1n) is 12.8. The number of esters is 4. The number of hydrogen-bond donors (Lipinski definition) is 3. The number of rotatable bonds is 5.